The van der Waals surface area contributed by atoms with E-state index in [9.17, 15) is 9.59 Å². The molecule has 2 rings (SSSR count). The zero-order valence-corrected chi connectivity index (χ0v) is 14.5. The van der Waals surface area contributed by atoms with Crippen LogP contribution in [0.1, 0.15) is 18.9 Å². The lowest BCUT2D eigenvalue weighted by molar-refractivity contribution is -0.127. The van der Waals surface area contributed by atoms with Gasteiger partial charge in [-0.1, -0.05) is 0 Å². The average Bonchev–Trinajstić information content (AvgIpc) is 2.92. The summed E-state index contributed by atoms with van der Waals surface area (Å²) in [6.45, 7) is 1.69. The monoisotopic (exact) mass is 348 g/mol. The topological polar surface area (TPSA) is 111 Å². The maximum absolute atomic E-state index is 11.9. The molecule has 9 nitrogen and oxygen atoms in total. The van der Waals surface area contributed by atoms with E-state index >= 15 is 0 Å². The lowest BCUT2D eigenvalue weighted by Gasteiger charge is -2.12. The van der Waals surface area contributed by atoms with Gasteiger partial charge >= 0.3 is 0 Å². The Balaban J connectivity index is 2.03. The minimum absolute atomic E-state index is 0.0201. The van der Waals surface area contributed by atoms with E-state index in [2.05, 4.69) is 21.1 Å². The molecule has 0 fully saturated rings. The normalized spacial score (nSPS) is 16.4. The Morgan fingerprint density at radius 2 is 1.92 bits per heavy atom. The molecule has 25 heavy (non-hydrogen) atoms. The van der Waals surface area contributed by atoms with Crippen molar-refractivity contribution in [3.63, 3.8) is 0 Å². The lowest BCUT2D eigenvalue weighted by Crippen LogP contribution is -2.29. The molecule has 1 unspecified atom stereocenters. The van der Waals surface area contributed by atoms with Crippen molar-refractivity contribution in [3.05, 3.63) is 17.7 Å². The number of hydrazone groups is 2. The Morgan fingerprint density at radius 1 is 1.28 bits per heavy atom. The van der Waals surface area contributed by atoms with Gasteiger partial charge in [-0.05, 0) is 19.1 Å². The van der Waals surface area contributed by atoms with Crippen LogP contribution in [0.4, 0.5) is 0 Å². The number of rotatable bonds is 7. The highest BCUT2D eigenvalue weighted by Crippen LogP contribution is 2.37. The van der Waals surface area contributed by atoms with Crippen molar-refractivity contribution in [2.24, 2.45) is 16.1 Å². The molecule has 0 bridgehead atoms. The van der Waals surface area contributed by atoms with Gasteiger partial charge in [0.2, 0.25) is 17.6 Å². The molecule has 2 N–H and O–H groups in total. The summed E-state index contributed by atoms with van der Waals surface area (Å²) in [7, 11) is 4.53. The standard InChI is InChI=1S/C16H20N4O5/c1-9-11(16(22)20-18-9)7-14(21)19-17-8-10-5-12(23-2)15(25-4)13(6-10)24-3/h5-6,8,11H,7H2,1-4H3,(H,19,21)(H,20,22)/b17-8+. The number of hydrogen-bond acceptors (Lipinski definition) is 7. The minimum Gasteiger partial charge on any atom is -0.493 e. The maximum atomic E-state index is 11.9. The van der Waals surface area contributed by atoms with Crippen LogP contribution in [0.5, 0.6) is 17.2 Å². The number of methoxy groups -OCH3 is 3. The Bertz CT molecular complexity index is 704. The van der Waals surface area contributed by atoms with Crippen molar-refractivity contribution in [2.45, 2.75) is 13.3 Å². The highest BCUT2D eigenvalue weighted by molar-refractivity contribution is 6.09. The molecule has 1 aliphatic rings. The SMILES string of the molecule is COc1cc(/C=N/NC(=O)CC2C(=O)NN=C2C)cc(OC)c1OC. The highest BCUT2D eigenvalue weighted by Gasteiger charge is 2.28. The van der Waals surface area contributed by atoms with Crippen LogP contribution in [0.25, 0.3) is 0 Å². The summed E-state index contributed by atoms with van der Waals surface area (Å²) in [5.74, 6) is 0.180. The maximum Gasteiger partial charge on any atom is 0.249 e. The van der Waals surface area contributed by atoms with Crippen molar-refractivity contribution in [3.8, 4) is 17.2 Å². The molecule has 1 aromatic rings. The van der Waals surface area contributed by atoms with Gasteiger partial charge in [-0.25, -0.2) is 10.9 Å². The third kappa shape index (κ3) is 4.25. The molecule has 0 saturated heterocycles. The van der Waals surface area contributed by atoms with Gasteiger partial charge in [-0.3, -0.25) is 9.59 Å². The Labute approximate surface area is 145 Å². The fourth-order valence-electron chi connectivity index (χ4n) is 2.31. The lowest BCUT2D eigenvalue weighted by atomic mass is 10.0. The second-order valence-electron chi connectivity index (χ2n) is 5.24. The molecular weight excluding hydrogens is 328 g/mol. The van der Waals surface area contributed by atoms with Crippen molar-refractivity contribution in [1.29, 1.82) is 0 Å². The largest absolute Gasteiger partial charge is 0.493 e. The summed E-state index contributed by atoms with van der Waals surface area (Å²) < 4.78 is 15.7. The smallest absolute Gasteiger partial charge is 0.249 e. The van der Waals surface area contributed by atoms with Gasteiger partial charge < -0.3 is 14.2 Å². The van der Waals surface area contributed by atoms with E-state index < -0.39 is 5.92 Å². The Morgan fingerprint density at radius 3 is 2.40 bits per heavy atom. The van der Waals surface area contributed by atoms with Crippen LogP contribution in [0, 0.1) is 5.92 Å². The van der Waals surface area contributed by atoms with Gasteiger partial charge in [0.25, 0.3) is 0 Å². The van der Waals surface area contributed by atoms with Gasteiger partial charge in [0, 0.05) is 17.7 Å². The summed E-state index contributed by atoms with van der Waals surface area (Å²) >= 11 is 0. The molecular formula is C16H20N4O5. The van der Waals surface area contributed by atoms with Crippen LogP contribution in [0.15, 0.2) is 22.3 Å². The first-order valence-corrected chi connectivity index (χ1v) is 7.46. The molecule has 1 heterocycles. The fourth-order valence-corrected chi connectivity index (χ4v) is 2.31. The second kappa shape index (κ2) is 8.13. The van der Waals surface area contributed by atoms with E-state index in [1.807, 2.05) is 0 Å². The molecule has 0 saturated carbocycles. The molecule has 1 aromatic carbocycles. The summed E-state index contributed by atoms with van der Waals surface area (Å²) in [6.07, 6.45) is 1.42. The van der Waals surface area contributed by atoms with Crippen molar-refractivity contribution < 1.29 is 23.8 Å². The molecule has 9 heteroatoms. The molecule has 134 valence electrons. The number of carbonyl (C=O) groups is 2. The molecule has 1 aliphatic heterocycles. The molecule has 0 aliphatic carbocycles. The molecule has 0 radical (unpaired) electrons. The van der Waals surface area contributed by atoms with Crippen molar-refractivity contribution >= 4 is 23.7 Å². The Hall–Kier alpha value is -3.10. The minimum atomic E-state index is -0.559. The third-order valence-corrected chi connectivity index (χ3v) is 3.64. The van der Waals surface area contributed by atoms with Crippen LogP contribution in [-0.2, 0) is 9.59 Å². The van der Waals surface area contributed by atoms with Crippen LogP contribution < -0.4 is 25.1 Å². The van der Waals surface area contributed by atoms with Gasteiger partial charge in [-0.15, -0.1) is 0 Å². The number of nitrogens with zero attached hydrogens (tertiary/aromatic N) is 2. The number of amides is 2. The first kappa shape index (κ1) is 18.2. The first-order valence-electron chi connectivity index (χ1n) is 7.46. The third-order valence-electron chi connectivity index (χ3n) is 3.64. The summed E-state index contributed by atoms with van der Waals surface area (Å²) in [4.78, 5) is 23.4. The van der Waals surface area contributed by atoms with E-state index in [1.165, 1.54) is 27.5 Å². The number of nitrogens with one attached hydrogen (secondary N) is 2. The van der Waals surface area contributed by atoms with Gasteiger partial charge in [0.1, 0.15) is 0 Å². The van der Waals surface area contributed by atoms with Crippen LogP contribution >= 0.6 is 0 Å². The van der Waals surface area contributed by atoms with Crippen LogP contribution in [0.2, 0.25) is 0 Å². The number of ether oxygens (including phenoxy) is 3. The predicted octanol–water partition coefficient (Wildman–Crippen LogP) is 0.674. The highest BCUT2D eigenvalue weighted by atomic mass is 16.5. The van der Waals surface area contributed by atoms with Gasteiger partial charge in [0.05, 0.1) is 33.5 Å². The van der Waals surface area contributed by atoms with E-state index in [0.717, 1.165) is 0 Å². The molecule has 0 spiro atoms. The fraction of sp³-hybridized carbons (Fsp3) is 0.375. The van der Waals surface area contributed by atoms with Crippen LogP contribution in [0.3, 0.4) is 0 Å². The molecule has 1 atom stereocenters. The number of carbonyl (C=O) groups excluding carboxylic acids is 2. The zero-order valence-electron chi connectivity index (χ0n) is 14.5. The average molecular weight is 348 g/mol. The number of benzene rings is 1. The van der Waals surface area contributed by atoms with Crippen LogP contribution in [-0.4, -0.2) is 45.1 Å². The number of hydrogen-bond donors (Lipinski definition) is 2. The Kier molecular flexibility index (Phi) is 5.93. The quantitative estimate of drug-likeness (QED) is 0.556. The van der Waals surface area contributed by atoms with E-state index in [-0.39, 0.29) is 18.2 Å². The zero-order chi connectivity index (χ0) is 18.4. The van der Waals surface area contributed by atoms with Gasteiger partial charge in [0.15, 0.2) is 11.5 Å². The first-order chi connectivity index (χ1) is 12.0. The van der Waals surface area contributed by atoms with Gasteiger partial charge in [-0.2, -0.15) is 10.2 Å². The molecule has 0 aromatic heterocycles. The van der Waals surface area contributed by atoms with E-state index in [4.69, 9.17) is 14.2 Å². The second-order valence-corrected chi connectivity index (χ2v) is 5.24. The van der Waals surface area contributed by atoms with Crippen molar-refractivity contribution in [2.75, 3.05) is 21.3 Å². The predicted molar refractivity (Wildman–Crippen MR) is 91.2 cm³/mol. The summed E-state index contributed by atoms with van der Waals surface area (Å²) in [6, 6.07) is 3.39. The molecule has 2 amide bonds. The van der Waals surface area contributed by atoms with E-state index in [1.54, 1.807) is 19.1 Å². The van der Waals surface area contributed by atoms with E-state index in [0.29, 0.717) is 28.5 Å². The summed E-state index contributed by atoms with van der Waals surface area (Å²) in [5.41, 5.74) is 5.94. The van der Waals surface area contributed by atoms with Crippen molar-refractivity contribution in [1.82, 2.24) is 10.9 Å². The summed E-state index contributed by atoms with van der Waals surface area (Å²) in [5, 5.41) is 7.68.